The number of urea groups is 1. The lowest BCUT2D eigenvalue weighted by Gasteiger charge is -2.11. The lowest BCUT2D eigenvalue weighted by Crippen LogP contribution is -2.34. The fourth-order valence-electron chi connectivity index (χ4n) is 1.88. The Balaban J connectivity index is 1.79. The van der Waals surface area contributed by atoms with Crippen LogP contribution in [0, 0.1) is 0 Å². The third-order valence-electron chi connectivity index (χ3n) is 3.27. The Morgan fingerprint density at radius 3 is 2.29 bits per heavy atom. The molecule has 0 atom stereocenters. The highest BCUT2D eigenvalue weighted by Gasteiger charge is 2.19. The normalized spacial score (nSPS) is 11.1. The van der Waals surface area contributed by atoms with Gasteiger partial charge in [-0.2, -0.15) is 5.10 Å². The molecule has 0 saturated heterocycles. The van der Waals surface area contributed by atoms with Crippen molar-refractivity contribution >= 4 is 12.0 Å². The summed E-state index contributed by atoms with van der Waals surface area (Å²) >= 11 is 0. The molecule has 0 unspecified atom stereocenters. The molecule has 8 nitrogen and oxygen atoms in total. The van der Waals surface area contributed by atoms with Crippen LogP contribution in [0.4, 0.5) is 4.79 Å². The zero-order chi connectivity index (χ0) is 17.7. The van der Waals surface area contributed by atoms with E-state index in [-0.39, 0.29) is 23.6 Å². The van der Waals surface area contributed by atoms with Gasteiger partial charge in [-0.15, -0.1) is 0 Å². The highest BCUT2D eigenvalue weighted by atomic mass is 16.4. The van der Waals surface area contributed by atoms with Gasteiger partial charge in [0.1, 0.15) is 5.82 Å². The number of hydrogen-bond acceptors (Lipinski definition) is 4. The van der Waals surface area contributed by atoms with Gasteiger partial charge in [0.25, 0.3) is 0 Å². The minimum atomic E-state index is -0.978. The molecule has 0 fully saturated rings. The summed E-state index contributed by atoms with van der Waals surface area (Å²) in [6.07, 6.45) is 0. The van der Waals surface area contributed by atoms with Crippen LogP contribution in [0.5, 0.6) is 0 Å². The number of hydrogen-bond donors (Lipinski definition) is 4. The SMILES string of the molecule is CC(C)(C)c1n[nH]c(CNC(=O)NCc2ccc(C(=O)O)cc2)n1. The molecule has 4 N–H and O–H groups in total. The number of rotatable bonds is 5. The van der Waals surface area contributed by atoms with E-state index in [1.54, 1.807) is 12.1 Å². The first-order valence-electron chi connectivity index (χ1n) is 7.51. The minimum absolute atomic E-state index is 0.154. The van der Waals surface area contributed by atoms with E-state index in [9.17, 15) is 9.59 Å². The van der Waals surface area contributed by atoms with Crippen LogP contribution in [0.3, 0.4) is 0 Å². The van der Waals surface area contributed by atoms with E-state index in [0.717, 1.165) is 5.56 Å². The molecule has 2 rings (SSSR count). The van der Waals surface area contributed by atoms with Crippen molar-refractivity contribution in [1.29, 1.82) is 0 Å². The molecule has 2 amide bonds. The quantitative estimate of drug-likeness (QED) is 0.666. The van der Waals surface area contributed by atoms with Crippen LogP contribution < -0.4 is 10.6 Å². The third-order valence-corrected chi connectivity index (χ3v) is 3.27. The van der Waals surface area contributed by atoms with Crippen LogP contribution in [0.15, 0.2) is 24.3 Å². The smallest absolute Gasteiger partial charge is 0.335 e. The van der Waals surface area contributed by atoms with Crippen LogP contribution in [-0.4, -0.2) is 32.3 Å². The van der Waals surface area contributed by atoms with E-state index in [0.29, 0.717) is 18.2 Å². The zero-order valence-corrected chi connectivity index (χ0v) is 13.9. The highest BCUT2D eigenvalue weighted by molar-refractivity contribution is 5.87. The largest absolute Gasteiger partial charge is 0.478 e. The summed E-state index contributed by atoms with van der Waals surface area (Å²) in [5.41, 5.74) is 0.868. The first-order chi connectivity index (χ1) is 11.3. The monoisotopic (exact) mass is 331 g/mol. The molecule has 0 aliphatic carbocycles. The lowest BCUT2D eigenvalue weighted by molar-refractivity contribution is 0.0697. The average Bonchev–Trinajstić information content (AvgIpc) is 3.00. The summed E-state index contributed by atoms with van der Waals surface area (Å²) in [4.78, 5) is 26.9. The van der Waals surface area contributed by atoms with Crippen molar-refractivity contribution in [2.45, 2.75) is 39.3 Å². The Morgan fingerprint density at radius 2 is 1.75 bits per heavy atom. The summed E-state index contributed by atoms with van der Waals surface area (Å²) in [7, 11) is 0. The van der Waals surface area contributed by atoms with Gasteiger partial charge in [0.15, 0.2) is 5.82 Å². The van der Waals surface area contributed by atoms with Gasteiger partial charge >= 0.3 is 12.0 Å². The Bertz CT molecular complexity index is 716. The zero-order valence-electron chi connectivity index (χ0n) is 13.9. The first kappa shape index (κ1) is 17.5. The predicted octanol–water partition coefficient (Wildman–Crippen LogP) is 1.80. The third kappa shape index (κ3) is 4.80. The van der Waals surface area contributed by atoms with Crippen LogP contribution in [0.2, 0.25) is 0 Å². The van der Waals surface area contributed by atoms with Crippen molar-refractivity contribution in [3.05, 3.63) is 47.0 Å². The molecule has 0 saturated carbocycles. The number of nitrogens with one attached hydrogen (secondary N) is 3. The maximum Gasteiger partial charge on any atom is 0.335 e. The molecule has 0 spiro atoms. The molecule has 0 radical (unpaired) electrons. The van der Waals surface area contributed by atoms with E-state index < -0.39 is 5.97 Å². The van der Waals surface area contributed by atoms with Gasteiger partial charge < -0.3 is 15.7 Å². The molecular formula is C16H21N5O3. The van der Waals surface area contributed by atoms with Gasteiger partial charge in [-0.1, -0.05) is 32.9 Å². The maximum atomic E-state index is 11.8. The number of nitrogens with zero attached hydrogens (tertiary/aromatic N) is 2. The summed E-state index contributed by atoms with van der Waals surface area (Å²) < 4.78 is 0. The number of aromatic nitrogens is 3. The second kappa shape index (κ2) is 7.12. The molecule has 0 aliphatic heterocycles. The molecule has 1 heterocycles. The number of amides is 2. The van der Waals surface area contributed by atoms with Crippen molar-refractivity contribution in [2.75, 3.05) is 0 Å². The molecule has 8 heteroatoms. The Kier molecular flexibility index (Phi) is 5.18. The fraction of sp³-hybridized carbons (Fsp3) is 0.375. The predicted molar refractivity (Wildman–Crippen MR) is 87.6 cm³/mol. The Morgan fingerprint density at radius 1 is 1.12 bits per heavy atom. The van der Waals surface area contributed by atoms with E-state index >= 15 is 0 Å². The van der Waals surface area contributed by atoms with E-state index in [2.05, 4.69) is 25.8 Å². The number of carboxylic acids is 1. The Labute approximate surface area is 139 Å². The molecule has 24 heavy (non-hydrogen) atoms. The molecule has 1 aromatic carbocycles. The lowest BCUT2D eigenvalue weighted by atomic mass is 9.96. The van der Waals surface area contributed by atoms with Gasteiger partial charge in [0, 0.05) is 12.0 Å². The minimum Gasteiger partial charge on any atom is -0.478 e. The van der Waals surface area contributed by atoms with Crippen molar-refractivity contribution in [3.63, 3.8) is 0 Å². The van der Waals surface area contributed by atoms with Crippen LogP contribution in [-0.2, 0) is 18.5 Å². The molecule has 128 valence electrons. The van der Waals surface area contributed by atoms with Gasteiger partial charge in [0.05, 0.1) is 12.1 Å². The first-order valence-corrected chi connectivity index (χ1v) is 7.51. The highest BCUT2D eigenvalue weighted by Crippen LogP contribution is 2.17. The number of H-pyrrole nitrogens is 1. The van der Waals surface area contributed by atoms with Crippen LogP contribution in [0.25, 0.3) is 0 Å². The summed E-state index contributed by atoms with van der Waals surface area (Å²) in [5.74, 6) is 0.299. The van der Waals surface area contributed by atoms with Gasteiger partial charge in [-0.05, 0) is 17.7 Å². The van der Waals surface area contributed by atoms with Gasteiger partial charge in [0.2, 0.25) is 0 Å². The number of carboxylic acid groups (broad SMARTS) is 1. The van der Waals surface area contributed by atoms with E-state index in [4.69, 9.17) is 5.11 Å². The molecule has 0 aliphatic rings. The molecule has 2 aromatic rings. The number of benzene rings is 1. The Hall–Kier alpha value is -2.90. The topological polar surface area (TPSA) is 120 Å². The molecule has 0 bridgehead atoms. The number of carbonyl (C=O) groups excluding carboxylic acids is 1. The van der Waals surface area contributed by atoms with Crippen molar-refractivity contribution in [2.24, 2.45) is 0 Å². The maximum absolute atomic E-state index is 11.8. The van der Waals surface area contributed by atoms with Gasteiger partial charge in [-0.3, -0.25) is 5.10 Å². The van der Waals surface area contributed by atoms with Crippen LogP contribution >= 0.6 is 0 Å². The molecule has 1 aromatic heterocycles. The molecular weight excluding hydrogens is 310 g/mol. The standard InChI is InChI=1S/C16H21N5O3/c1-16(2,3)14-19-12(20-21-14)9-18-15(24)17-8-10-4-6-11(7-5-10)13(22)23/h4-7H,8-9H2,1-3H3,(H,22,23)(H2,17,18,24)(H,19,20,21). The van der Waals surface area contributed by atoms with E-state index in [1.807, 2.05) is 20.8 Å². The number of carbonyl (C=O) groups is 2. The average molecular weight is 331 g/mol. The second-order valence-corrected chi connectivity index (χ2v) is 6.39. The summed E-state index contributed by atoms with van der Waals surface area (Å²) in [6.45, 7) is 6.57. The number of aromatic amines is 1. The van der Waals surface area contributed by atoms with Crippen LogP contribution in [0.1, 0.15) is 48.3 Å². The number of aromatic carboxylic acids is 1. The fourth-order valence-corrected chi connectivity index (χ4v) is 1.88. The second-order valence-electron chi connectivity index (χ2n) is 6.39. The van der Waals surface area contributed by atoms with Crippen molar-refractivity contribution in [1.82, 2.24) is 25.8 Å². The van der Waals surface area contributed by atoms with Gasteiger partial charge in [-0.25, -0.2) is 14.6 Å². The van der Waals surface area contributed by atoms with Crippen molar-refractivity contribution < 1.29 is 14.7 Å². The summed E-state index contributed by atoms with van der Waals surface area (Å²) in [6, 6.07) is 5.98. The summed E-state index contributed by atoms with van der Waals surface area (Å²) in [5, 5.41) is 21.1. The van der Waals surface area contributed by atoms with E-state index in [1.165, 1.54) is 12.1 Å². The van der Waals surface area contributed by atoms with Crippen molar-refractivity contribution in [3.8, 4) is 0 Å².